The molecule has 23 heavy (non-hydrogen) atoms. The van der Waals surface area contributed by atoms with E-state index in [0.717, 1.165) is 0 Å². The van der Waals surface area contributed by atoms with Gasteiger partial charge in [-0.3, -0.25) is 4.79 Å². The normalized spacial score (nSPS) is 16.6. The maximum Gasteiger partial charge on any atom is 0.224 e. The van der Waals surface area contributed by atoms with Gasteiger partial charge in [0.2, 0.25) is 21.9 Å². The topological polar surface area (TPSA) is 95.5 Å². The third-order valence-electron chi connectivity index (χ3n) is 4.04. The smallest absolute Gasteiger partial charge is 0.224 e. The molecule has 1 amide bonds. The molecule has 0 atom stereocenters. The van der Waals surface area contributed by atoms with Gasteiger partial charge in [-0.25, -0.2) is 22.7 Å². The van der Waals surface area contributed by atoms with E-state index >= 15 is 0 Å². The molecule has 0 saturated carbocycles. The molecule has 1 N–H and O–H groups in total. The molecule has 0 radical (unpaired) electrons. The molecule has 1 aromatic rings. The Bertz CT molecular complexity index is 615. The molecule has 1 aliphatic heterocycles. The second-order valence-corrected chi connectivity index (χ2v) is 7.68. The van der Waals surface area contributed by atoms with Crippen molar-refractivity contribution in [3.05, 3.63) is 18.5 Å². The summed E-state index contributed by atoms with van der Waals surface area (Å²) in [5.74, 6) is 0.572. The average Bonchev–Trinajstić information content (AvgIpc) is 2.54. The van der Waals surface area contributed by atoms with Crippen molar-refractivity contribution in [1.82, 2.24) is 19.2 Å². The Kier molecular flexibility index (Phi) is 5.89. The summed E-state index contributed by atoms with van der Waals surface area (Å²) in [6.07, 6.45) is 6.20. The zero-order valence-corrected chi connectivity index (χ0v) is 14.3. The standard InChI is InChI=1S/C14H23N5O3S/c1-18(23(2,21)22)12-5-10-19(11-6-12)13(20)4-9-17-14-15-7-3-8-16-14/h3,7-8,12H,4-6,9-11H2,1-2H3,(H,15,16,17). The molecular formula is C14H23N5O3S. The minimum absolute atomic E-state index is 0.0232. The minimum atomic E-state index is -3.18. The number of carbonyl (C=O) groups excluding carboxylic acids is 1. The van der Waals surface area contributed by atoms with Crippen LogP contribution in [0.25, 0.3) is 0 Å². The van der Waals surface area contributed by atoms with Crippen molar-refractivity contribution in [3.8, 4) is 0 Å². The Morgan fingerprint density at radius 2 is 1.96 bits per heavy atom. The quantitative estimate of drug-likeness (QED) is 0.792. The van der Waals surface area contributed by atoms with Gasteiger partial charge in [0.05, 0.1) is 6.26 Å². The van der Waals surface area contributed by atoms with Crippen molar-refractivity contribution in [3.63, 3.8) is 0 Å². The Hall–Kier alpha value is -1.74. The molecule has 1 saturated heterocycles. The third kappa shape index (κ3) is 5.14. The second-order valence-electron chi connectivity index (χ2n) is 5.64. The highest BCUT2D eigenvalue weighted by atomic mass is 32.2. The van der Waals surface area contributed by atoms with E-state index < -0.39 is 10.0 Å². The van der Waals surface area contributed by atoms with E-state index in [4.69, 9.17) is 0 Å². The van der Waals surface area contributed by atoms with Crippen LogP contribution in [0.15, 0.2) is 18.5 Å². The number of nitrogens with zero attached hydrogens (tertiary/aromatic N) is 4. The molecule has 1 fully saturated rings. The molecule has 0 spiro atoms. The highest BCUT2D eigenvalue weighted by Gasteiger charge is 2.28. The molecule has 8 nitrogen and oxygen atoms in total. The van der Waals surface area contributed by atoms with Crippen molar-refractivity contribution in [1.29, 1.82) is 0 Å². The Morgan fingerprint density at radius 1 is 1.35 bits per heavy atom. The van der Waals surface area contributed by atoms with Crippen LogP contribution in [0.1, 0.15) is 19.3 Å². The Morgan fingerprint density at radius 3 is 2.52 bits per heavy atom. The van der Waals surface area contributed by atoms with E-state index in [2.05, 4.69) is 15.3 Å². The number of anilines is 1. The van der Waals surface area contributed by atoms with Gasteiger partial charge in [0, 0.05) is 51.5 Å². The van der Waals surface area contributed by atoms with Gasteiger partial charge in [-0.2, -0.15) is 0 Å². The van der Waals surface area contributed by atoms with E-state index in [1.807, 2.05) is 0 Å². The average molecular weight is 341 g/mol. The fourth-order valence-corrected chi connectivity index (χ4v) is 3.33. The number of sulfonamides is 1. The van der Waals surface area contributed by atoms with Crippen molar-refractivity contribution < 1.29 is 13.2 Å². The highest BCUT2D eigenvalue weighted by molar-refractivity contribution is 7.88. The fraction of sp³-hybridized carbons (Fsp3) is 0.643. The number of nitrogens with one attached hydrogen (secondary N) is 1. The summed E-state index contributed by atoms with van der Waals surface area (Å²) in [5, 5.41) is 3.00. The van der Waals surface area contributed by atoms with Gasteiger partial charge in [0.1, 0.15) is 0 Å². The number of carbonyl (C=O) groups is 1. The van der Waals surface area contributed by atoms with E-state index in [0.29, 0.717) is 44.8 Å². The zero-order valence-electron chi connectivity index (χ0n) is 13.5. The van der Waals surface area contributed by atoms with Crippen LogP contribution in [-0.2, 0) is 14.8 Å². The number of aromatic nitrogens is 2. The van der Waals surface area contributed by atoms with Gasteiger partial charge >= 0.3 is 0 Å². The number of amides is 1. The van der Waals surface area contributed by atoms with Gasteiger partial charge < -0.3 is 10.2 Å². The first-order valence-corrected chi connectivity index (χ1v) is 9.44. The van der Waals surface area contributed by atoms with Gasteiger partial charge in [-0.1, -0.05) is 0 Å². The summed E-state index contributed by atoms with van der Waals surface area (Å²) < 4.78 is 24.5. The monoisotopic (exact) mass is 341 g/mol. The fourth-order valence-electron chi connectivity index (χ4n) is 2.58. The highest BCUT2D eigenvalue weighted by Crippen LogP contribution is 2.18. The second kappa shape index (κ2) is 7.69. The molecule has 2 heterocycles. The number of hydrogen-bond acceptors (Lipinski definition) is 6. The minimum Gasteiger partial charge on any atom is -0.354 e. The van der Waals surface area contributed by atoms with Crippen molar-refractivity contribution in [2.45, 2.75) is 25.3 Å². The molecule has 128 valence electrons. The Labute approximate surface area is 137 Å². The summed E-state index contributed by atoms with van der Waals surface area (Å²) in [5.41, 5.74) is 0. The van der Waals surface area contributed by atoms with E-state index in [1.54, 1.807) is 30.4 Å². The summed E-state index contributed by atoms with van der Waals surface area (Å²) in [6.45, 7) is 1.66. The molecule has 9 heteroatoms. The largest absolute Gasteiger partial charge is 0.354 e. The molecule has 1 aromatic heterocycles. The lowest BCUT2D eigenvalue weighted by molar-refractivity contribution is -0.132. The predicted molar refractivity (Wildman–Crippen MR) is 87.3 cm³/mol. The number of piperidine rings is 1. The number of hydrogen-bond donors (Lipinski definition) is 1. The summed E-state index contributed by atoms with van der Waals surface area (Å²) >= 11 is 0. The van der Waals surface area contributed by atoms with Crippen molar-refractivity contribution in [2.24, 2.45) is 0 Å². The van der Waals surface area contributed by atoms with Crippen molar-refractivity contribution >= 4 is 21.9 Å². The lowest BCUT2D eigenvalue weighted by Gasteiger charge is -2.35. The Balaban J connectivity index is 1.73. The van der Waals surface area contributed by atoms with Crippen LogP contribution in [0, 0.1) is 0 Å². The maximum atomic E-state index is 12.2. The third-order valence-corrected chi connectivity index (χ3v) is 5.39. The summed E-state index contributed by atoms with van der Waals surface area (Å²) in [7, 11) is -1.58. The van der Waals surface area contributed by atoms with Gasteiger partial charge in [0.15, 0.2) is 0 Å². The van der Waals surface area contributed by atoms with Crippen LogP contribution in [0.5, 0.6) is 0 Å². The van der Waals surface area contributed by atoms with E-state index in [1.165, 1.54) is 10.6 Å². The molecule has 0 unspecified atom stereocenters. The van der Waals surface area contributed by atoms with Crippen LogP contribution >= 0.6 is 0 Å². The number of likely N-dealkylation sites (tertiary alicyclic amines) is 1. The maximum absolute atomic E-state index is 12.2. The molecule has 2 rings (SSSR count). The first-order chi connectivity index (χ1) is 10.9. The van der Waals surface area contributed by atoms with Crippen LogP contribution in [0.3, 0.4) is 0 Å². The van der Waals surface area contributed by atoms with Crippen LogP contribution in [0.4, 0.5) is 5.95 Å². The SMILES string of the molecule is CN(C1CCN(C(=O)CCNc2ncccn2)CC1)S(C)(=O)=O. The number of rotatable bonds is 6. The van der Waals surface area contributed by atoms with E-state index in [9.17, 15) is 13.2 Å². The van der Waals surface area contributed by atoms with E-state index in [-0.39, 0.29) is 11.9 Å². The first-order valence-electron chi connectivity index (χ1n) is 7.59. The molecule has 0 bridgehead atoms. The van der Waals surface area contributed by atoms with Crippen LogP contribution in [0.2, 0.25) is 0 Å². The first kappa shape index (κ1) is 17.6. The molecule has 0 aromatic carbocycles. The predicted octanol–water partition coefficient (Wildman–Crippen LogP) is 0.161. The van der Waals surface area contributed by atoms with Crippen molar-refractivity contribution in [2.75, 3.05) is 38.3 Å². The molecule has 1 aliphatic rings. The molecule has 0 aliphatic carbocycles. The van der Waals surface area contributed by atoms with Gasteiger partial charge in [0.25, 0.3) is 0 Å². The summed E-state index contributed by atoms with van der Waals surface area (Å²) in [6, 6.07) is 1.71. The lowest BCUT2D eigenvalue weighted by Crippen LogP contribution is -2.47. The van der Waals surface area contributed by atoms with Gasteiger partial charge in [-0.05, 0) is 18.9 Å². The summed E-state index contributed by atoms with van der Waals surface area (Å²) in [4.78, 5) is 22.0. The van der Waals surface area contributed by atoms with Crippen LogP contribution < -0.4 is 5.32 Å². The zero-order chi connectivity index (χ0) is 16.9. The van der Waals surface area contributed by atoms with Gasteiger partial charge in [-0.15, -0.1) is 0 Å². The lowest BCUT2D eigenvalue weighted by atomic mass is 10.1. The van der Waals surface area contributed by atoms with Crippen LogP contribution in [-0.4, -0.2) is 72.5 Å². The molecular weight excluding hydrogens is 318 g/mol.